The van der Waals surface area contributed by atoms with Crippen molar-refractivity contribution in [3.05, 3.63) is 45.5 Å². The molecule has 0 spiro atoms. The summed E-state index contributed by atoms with van der Waals surface area (Å²) in [4.78, 5) is 21.8. The number of amides is 1. The van der Waals surface area contributed by atoms with E-state index in [1.54, 1.807) is 0 Å². The number of rotatable bonds is 7. The number of aromatic nitrogens is 2. The molecule has 2 aromatic heterocycles. The van der Waals surface area contributed by atoms with Gasteiger partial charge in [-0.15, -0.1) is 11.3 Å². The van der Waals surface area contributed by atoms with E-state index >= 15 is 0 Å². The van der Waals surface area contributed by atoms with Gasteiger partial charge in [-0.05, 0) is 57.2 Å². The van der Waals surface area contributed by atoms with Gasteiger partial charge in [-0.25, -0.2) is 4.98 Å². The van der Waals surface area contributed by atoms with Crippen LogP contribution in [-0.2, 0) is 19.3 Å². The largest absolute Gasteiger partial charge is 0.494 e. The molecule has 5 nitrogen and oxygen atoms in total. The number of carbonyl (C=O) groups is 1. The number of nitrogens with one attached hydrogen (secondary N) is 2. The molecule has 0 bridgehead atoms. The molecule has 0 unspecified atom stereocenters. The summed E-state index contributed by atoms with van der Waals surface area (Å²) in [5.74, 6) is 0.743. The van der Waals surface area contributed by atoms with Crippen LogP contribution in [0.5, 0.6) is 5.75 Å². The number of hydrogen-bond acceptors (Lipinski definition) is 4. The monoisotopic (exact) mass is 383 g/mol. The van der Waals surface area contributed by atoms with Crippen molar-refractivity contribution in [1.82, 2.24) is 15.3 Å². The van der Waals surface area contributed by atoms with Gasteiger partial charge in [0.2, 0.25) is 0 Å². The Morgan fingerprint density at radius 2 is 2.19 bits per heavy atom. The Hall–Kier alpha value is -2.34. The van der Waals surface area contributed by atoms with Crippen molar-refractivity contribution < 1.29 is 9.53 Å². The first kappa shape index (κ1) is 18.0. The van der Waals surface area contributed by atoms with E-state index in [0.29, 0.717) is 18.8 Å². The molecule has 1 amide bonds. The van der Waals surface area contributed by atoms with Crippen LogP contribution in [0.1, 0.15) is 52.3 Å². The molecule has 0 atom stereocenters. The van der Waals surface area contributed by atoms with E-state index in [4.69, 9.17) is 9.72 Å². The molecule has 0 fully saturated rings. The highest BCUT2D eigenvalue weighted by atomic mass is 32.1. The highest BCUT2D eigenvalue weighted by Gasteiger charge is 2.15. The third kappa shape index (κ3) is 4.16. The van der Waals surface area contributed by atoms with Crippen molar-refractivity contribution in [2.24, 2.45) is 0 Å². The molecule has 4 rings (SSSR count). The van der Waals surface area contributed by atoms with Crippen LogP contribution < -0.4 is 10.1 Å². The smallest absolute Gasteiger partial charge is 0.267 e. The number of H-pyrrole nitrogens is 1. The average molecular weight is 384 g/mol. The molecule has 2 heterocycles. The van der Waals surface area contributed by atoms with E-state index in [-0.39, 0.29) is 5.91 Å². The molecule has 2 N–H and O–H groups in total. The fourth-order valence-corrected chi connectivity index (χ4v) is 4.73. The van der Waals surface area contributed by atoms with Gasteiger partial charge in [-0.2, -0.15) is 0 Å². The molecule has 0 saturated heterocycles. The first-order chi connectivity index (χ1) is 13.2. The fourth-order valence-electron chi connectivity index (χ4n) is 3.53. The predicted octanol–water partition coefficient (Wildman–Crippen LogP) is 4.26. The topological polar surface area (TPSA) is 67.0 Å². The van der Waals surface area contributed by atoms with Crippen LogP contribution in [0, 0.1) is 0 Å². The van der Waals surface area contributed by atoms with Crippen LogP contribution in [0.4, 0.5) is 0 Å². The lowest BCUT2D eigenvalue weighted by Crippen LogP contribution is -2.25. The van der Waals surface area contributed by atoms with Gasteiger partial charge >= 0.3 is 0 Å². The normalized spacial score (nSPS) is 13.5. The van der Waals surface area contributed by atoms with E-state index < -0.39 is 0 Å². The zero-order chi connectivity index (χ0) is 18.6. The van der Waals surface area contributed by atoms with Crippen LogP contribution in [0.25, 0.3) is 10.9 Å². The zero-order valence-corrected chi connectivity index (χ0v) is 16.5. The predicted molar refractivity (Wildman–Crippen MR) is 109 cm³/mol. The van der Waals surface area contributed by atoms with Crippen LogP contribution in [0.2, 0.25) is 0 Å². The van der Waals surface area contributed by atoms with Gasteiger partial charge in [0.1, 0.15) is 11.4 Å². The molecular weight excluding hydrogens is 358 g/mol. The van der Waals surface area contributed by atoms with Crippen molar-refractivity contribution in [1.29, 1.82) is 0 Å². The number of nitrogens with zero attached hydrogens (tertiary/aromatic N) is 1. The molecule has 1 aliphatic carbocycles. The summed E-state index contributed by atoms with van der Waals surface area (Å²) in [6, 6.07) is 7.71. The minimum absolute atomic E-state index is 0.0670. The van der Waals surface area contributed by atoms with Gasteiger partial charge in [-0.3, -0.25) is 4.79 Å². The Morgan fingerprint density at radius 1 is 1.30 bits per heavy atom. The van der Waals surface area contributed by atoms with Gasteiger partial charge < -0.3 is 15.0 Å². The standard InChI is InChI=1S/C21H25N3O2S/c1-2-26-15-10-9-14-12-18(23-17(14)13-15)21(25)22-11-5-8-20-24-16-6-3-4-7-19(16)27-20/h9-10,12-13,23H,2-8,11H2,1H3,(H,22,25). The van der Waals surface area contributed by atoms with E-state index in [2.05, 4.69) is 10.3 Å². The highest BCUT2D eigenvalue weighted by Crippen LogP contribution is 2.27. The average Bonchev–Trinajstić information content (AvgIpc) is 3.28. The van der Waals surface area contributed by atoms with E-state index in [9.17, 15) is 4.79 Å². The van der Waals surface area contributed by atoms with Crippen LogP contribution in [-0.4, -0.2) is 29.0 Å². The van der Waals surface area contributed by atoms with E-state index in [1.807, 2.05) is 42.5 Å². The van der Waals surface area contributed by atoms with Crippen molar-refractivity contribution in [3.8, 4) is 5.75 Å². The molecule has 6 heteroatoms. The number of hydrogen-bond donors (Lipinski definition) is 2. The maximum absolute atomic E-state index is 12.4. The zero-order valence-electron chi connectivity index (χ0n) is 15.6. The van der Waals surface area contributed by atoms with Crippen molar-refractivity contribution in [2.45, 2.75) is 45.4 Å². The van der Waals surface area contributed by atoms with Gasteiger partial charge in [0.25, 0.3) is 5.91 Å². The summed E-state index contributed by atoms with van der Waals surface area (Å²) in [6.45, 7) is 3.24. The van der Waals surface area contributed by atoms with Gasteiger partial charge in [0, 0.05) is 34.8 Å². The van der Waals surface area contributed by atoms with E-state index in [1.165, 1.54) is 34.8 Å². The molecule has 3 aromatic rings. The number of benzene rings is 1. The lowest BCUT2D eigenvalue weighted by atomic mass is 10.0. The lowest BCUT2D eigenvalue weighted by molar-refractivity contribution is 0.0949. The van der Waals surface area contributed by atoms with Gasteiger partial charge in [0.15, 0.2) is 0 Å². The minimum atomic E-state index is -0.0670. The number of thiazole rings is 1. The molecular formula is C21H25N3O2S. The number of ether oxygens (including phenoxy) is 1. The first-order valence-electron chi connectivity index (χ1n) is 9.74. The summed E-state index contributed by atoms with van der Waals surface area (Å²) in [6.07, 6.45) is 6.72. The Labute approximate surface area is 163 Å². The SMILES string of the molecule is CCOc1ccc2cc(C(=O)NCCCc3nc4c(s3)CCCC4)[nH]c2c1. The molecule has 1 aromatic carbocycles. The van der Waals surface area contributed by atoms with Crippen LogP contribution in [0.15, 0.2) is 24.3 Å². The third-order valence-corrected chi connectivity index (χ3v) is 6.11. The molecule has 0 radical (unpaired) electrons. The molecule has 0 aliphatic heterocycles. The maximum Gasteiger partial charge on any atom is 0.267 e. The molecule has 1 aliphatic rings. The summed E-state index contributed by atoms with van der Waals surface area (Å²) < 4.78 is 5.51. The van der Waals surface area contributed by atoms with Gasteiger partial charge in [0.05, 0.1) is 17.3 Å². The van der Waals surface area contributed by atoms with Gasteiger partial charge in [-0.1, -0.05) is 0 Å². The third-order valence-electron chi connectivity index (χ3n) is 4.89. The number of aryl methyl sites for hydroxylation is 3. The van der Waals surface area contributed by atoms with Crippen molar-refractivity contribution >= 4 is 28.1 Å². The van der Waals surface area contributed by atoms with Crippen molar-refractivity contribution in [3.63, 3.8) is 0 Å². The Balaban J connectivity index is 1.30. The maximum atomic E-state index is 12.4. The second kappa shape index (κ2) is 8.13. The summed E-state index contributed by atoms with van der Waals surface area (Å²) >= 11 is 1.86. The fraction of sp³-hybridized carbons (Fsp3) is 0.429. The second-order valence-electron chi connectivity index (χ2n) is 6.91. The number of fused-ring (bicyclic) bond motifs is 2. The summed E-state index contributed by atoms with van der Waals surface area (Å²) in [5, 5.41) is 5.23. The Bertz CT molecular complexity index is 921. The summed E-state index contributed by atoms with van der Waals surface area (Å²) in [7, 11) is 0. The quantitative estimate of drug-likeness (QED) is 0.599. The lowest BCUT2D eigenvalue weighted by Gasteiger charge is -2.06. The first-order valence-corrected chi connectivity index (χ1v) is 10.6. The second-order valence-corrected chi connectivity index (χ2v) is 8.08. The highest BCUT2D eigenvalue weighted by molar-refractivity contribution is 7.11. The van der Waals surface area contributed by atoms with Crippen LogP contribution in [0.3, 0.4) is 0 Å². The molecule has 27 heavy (non-hydrogen) atoms. The molecule has 0 saturated carbocycles. The Morgan fingerprint density at radius 3 is 3.04 bits per heavy atom. The van der Waals surface area contributed by atoms with Crippen molar-refractivity contribution in [2.75, 3.05) is 13.2 Å². The Kier molecular flexibility index (Phi) is 5.43. The van der Waals surface area contributed by atoms with Crippen LogP contribution >= 0.6 is 11.3 Å². The molecule has 142 valence electrons. The van der Waals surface area contributed by atoms with E-state index in [0.717, 1.165) is 35.9 Å². The minimum Gasteiger partial charge on any atom is -0.494 e. The number of carbonyl (C=O) groups excluding carboxylic acids is 1. The number of aromatic amines is 1. The summed E-state index contributed by atoms with van der Waals surface area (Å²) in [5.41, 5.74) is 2.82.